The molecular formula is C16H25ClN2O. The van der Waals surface area contributed by atoms with Gasteiger partial charge in [0.05, 0.1) is 6.61 Å². The average molecular weight is 297 g/mol. The average Bonchev–Trinajstić information content (AvgIpc) is 2.48. The standard InChI is InChI=1S/C16H25ClN2O/c1-2-8-18-10-14-9-15(17)16(19-11-14)20-12-13-6-4-3-5-7-13/h9,11,13,18H,2-8,10,12H2,1H3. The fourth-order valence-electron chi connectivity index (χ4n) is 2.63. The summed E-state index contributed by atoms with van der Waals surface area (Å²) in [6.07, 6.45) is 9.56. The van der Waals surface area contributed by atoms with E-state index in [4.69, 9.17) is 16.3 Å². The van der Waals surface area contributed by atoms with Gasteiger partial charge in [0.25, 0.3) is 0 Å². The monoisotopic (exact) mass is 296 g/mol. The molecule has 0 aromatic carbocycles. The second-order valence-electron chi connectivity index (χ2n) is 5.62. The van der Waals surface area contributed by atoms with Crippen LogP contribution in [0.25, 0.3) is 0 Å². The Bertz CT molecular complexity index is 405. The maximum atomic E-state index is 6.24. The van der Waals surface area contributed by atoms with Gasteiger partial charge in [0, 0.05) is 12.7 Å². The van der Waals surface area contributed by atoms with E-state index in [-0.39, 0.29) is 0 Å². The van der Waals surface area contributed by atoms with Crippen LogP contribution in [0.4, 0.5) is 0 Å². The summed E-state index contributed by atoms with van der Waals surface area (Å²) in [7, 11) is 0. The quantitative estimate of drug-likeness (QED) is 0.766. The van der Waals surface area contributed by atoms with Crippen LogP contribution < -0.4 is 10.1 Å². The number of pyridine rings is 1. The fourth-order valence-corrected chi connectivity index (χ4v) is 2.87. The summed E-state index contributed by atoms with van der Waals surface area (Å²) in [4.78, 5) is 4.35. The Labute approximate surface area is 127 Å². The first-order valence-corrected chi connectivity index (χ1v) is 8.15. The summed E-state index contributed by atoms with van der Waals surface area (Å²) in [5.41, 5.74) is 1.11. The fraction of sp³-hybridized carbons (Fsp3) is 0.688. The molecule has 1 saturated carbocycles. The lowest BCUT2D eigenvalue weighted by molar-refractivity contribution is 0.203. The maximum Gasteiger partial charge on any atom is 0.232 e. The van der Waals surface area contributed by atoms with Crippen LogP contribution in [0.5, 0.6) is 5.88 Å². The van der Waals surface area contributed by atoms with E-state index in [9.17, 15) is 0 Å². The molecule has 1 N–H and O–H groups in total. The lowest BCUT2D eigenvalue weighted by atomic mass is 9.90. The normalized spacial score (nSPS) is 16.3. The summed E-state index contributed by atoms with van der Waals surface area (Å²) < 4.78 is 5.79. The molecule has 0 aliphatic heterocycles. The van der Waals surface area contributed by atoms with Crippen molar-refractivity contribution >= 4 is 11.6 Å². The minimum atomic E-state index is 0.580. The van der Waals surface area contributed by atoms with Gasteiger partial charge >= 0.3 is 0 Å². The molecule has 3 nitrogen and oxygen atoms in total. The van der Waals surface area contributed by atoms with Crippen LogP contribution in [0.3, 0.4) is 0 Å². The van der Waals surface area contributed by atoms with E-state index in [1.165, 1.54) is 32.1 Å². The van der Waals surface area contributed by atoms with E-state index in [0.717, 1.165) is 31.7 Å². The van der Waals surface area contributed by atoms with Crippen molar-refractivity contribution in [2.75, 3.05) is 13.2 Å². The first-order chi connectivity index (χ1) is 9.79. The van der Waals surface area contributed by atoms with Crippen molar-refractivity contribution in [3.05, 3.63) is 22.8 Å². The van der Waals surface area contributed by atoms with Gasteiger partial charge in [-0.2, -0.15) is 0 Å². The summed E-state index contributed by atoms with van der Waals surface area (Å²) in [5.74, 6) is 1.25. The molecule has 0 unspecified atom stereocenters. The number of hydrogen-bond donors (Lipinski definition) is 1. The Morgan fingerprint density at radius 2 is 2.15 bits per heavy atom. The topological polar surface area (TPSA) is 34.2 Å². The van der Waals surface area contributed by atoms with Gasteiger partial charge in [-0.25, -0.2) is 4.98 Å². The lowest BCUT2D eigenvalue weighted by Crippen LogP contribution is -2.16. The molecule has 0 bridgehead atoms. The van der Waals surface area contributed by atoms with Crippen LogP contribution in [0.1, 0.15) is 51.0 Å². The number of ether oxygens (including phenoxy) is 1. The number of hydrogen-bond acceptors (Lipinski definition) is 3. The first kappa shape index (κ1) is 15.6. The van der Waals surface area contributed by atoms with E-state index < -0.39 is 0 Å². The molecule has 4 heteroatoms. The minimum Gasteiger partial charge on any atom is -0.476 e. The number of rotatable bonds is 7. The highest BCUT2D eigenvalue weighted by Crippen LogP contribution is 2.27. The molecule has 0 radical (unpaired) electrons. The first-order valence-electron chi connectivity index (χ1n) is 7.77. The van der Waals surface area contributed by atoms with E-state index in [2.05, 4.69) is 17.2 Å². The van der Waals surface area contributed by atoms with Gasteiger partial charge in [0.1, 0.15) is 5.02 Å². The van der Waals surface area contributed by atoms with Gasteiger partial charge < -0.3 is 10.1 Å². The Balaban J connectivity index is 1.82. The zero-order valence-electron chi connectivity index (χ0n) is 12.3. The van der Waals surface area contributed by atoms with Gasteiger partial charge in [-0.05, 0) is 43.4 Å². The van der Waals surface area contributed by atoms with Crippen molar-refractivity contribution in [3.8, 4) is 5.88 Å². The second-order valence-corrected chi connectivity index (χ2v) is 6.03. The molecule has 1 heterocycles. The third-order valence-corrected chi connectivity index (χ3v) is 4.07. The molecule has 20 heavy (non-hydrogen) atoms. The highest BCUT2D eigenvalue weighted by molar-refractivity contribution is 6.31. The smallest absolute Gasteiger partial charge is 0.232 e. The summed E-state index contributed by atoms with van der Waals surface area (Å²) in [6, 6.07) is 1.95. The van der Waals surface area contributed by atoms with Crippen molar-refractivity contribution in [1.29, 1.82) is 0 Å². The molecule has 0 atom stereocenters. The Kier molecular flexibility index (Phi) is 6.61. The van der Waals surface area contributed by atoms with Crippen molar-refractivity contribution in [2.24, 2.45) is 5.92 Å². The predicted molar refractivity (Wildman–Crippen MR) is 83.3 cm³/mol. The molecule has 0 spiro atoms. The number of halogens is 1. The summed E-state index contributed by atoms with van der Waals surface area (Å²) in [6.45, 7) is 4.72. The molecule has 1 fully saturated rings. The van der Waals surface area contributed by atoms with Gasteiger partial charge in [-0.1, -0.05) is 37.8 Å². The zero-order valence-corrected chi connectivity index (χ0v) is 13.1. The molecule has 112 valence electrons. The Hall–Kier alpha value is -0.800. The molecule has 2 rings (SSSR count). The number of nitrogens with one attached hydrogen (secondary N) is 1. The largest absolute Gasteiger partial charge is 0.476 e. The van der Waals surface area contributed by atoms with Gasteiger partial charge in [-0.15, -0.1) is 0 Å². The van der Waals surface area contributed by atoms with Crippen molar-refractivity contribution in [1.82, 2.24) is 10.3 Å². The van der Waals surface area contributed by atoms with Crippen LogP contribution in [-0.4, -0.2) is 18.1 Å². The maximum absolute atomic E-state index is 6.24. The van der Waals surface area contributed by atoms with Crippen molar-refractivity contribution < 1.29 is 4.74 Å². The molecule has 0 amide bonds. The molecule has 1 aromatic rings. The minimum absolute atomic E-state index is 0.580. The van der Waals surface area contributed by atoms with Crippen molar-refractivity contribution in [3.63, 3.8) is 0 Å². The molecule has 1 aliphatic rings. The van der Waals surface area contributed by atoms with Gasteiger partial charge in [0.15, 0.2) is 0 Å². The van der Waals surface area contributed by atoms with Crippen molar-refractivity contribution in [2.45, 2.75) is 52.0 Å². The predicted octanol–water partition coefficient (Wildman–Crippen LogP) is 4.19. The molecular weight excluding hydrogens is 272 g/mol. The Morgan fingerprint density at radius 1 is 1.35 bits per heavy atom. The third kappa shape index (κ3) is 4.95. The molecule has 1 aliphatic carbocycles. The van der Waals surface area contributed by atoms with E-state index in [1.54, 1.807) is 0 Å². The number of nitrogens with zero attached hydrogens (tertiary/aromatic N) is 1. The molecule has 1 aromatic heterocycles. The summed E-state index contributed by atoms with van der Waals surface area (Å²) in [5, 5.41) is 3.96. The molecule has 0 saturated heterocycles. The van der Waals surface area contributed by atoms with E-state index in [1.807, 2.05) is 12.3 Å². The van der Waals surface area contributed by atoms with Crippen LogP contribution in [0, 0.1) is 5.92 Å². The Morgan fingerprint density at radius 3 is 2.85 bits per heavy atom. The van der Waals surface area contributed by atoms with E-state index in [0.29, 0.717) is 16.8 Å². The van der Waals surface area contributed by atoms with Gasteiger partial charge in [-0.3, -0.25) is 0 Å². The number of aromatic nitrogens is 1. The highest BCUT2D eigenvalue weighted by Gasteiger charge is 2.15. The highest BCUT2D eigenvalue weighted by atomic mass is 35.5. The van der Waals surface area contributed by atoms with Crippen LogP contribution in [0.2, 0.25) is 5.02 Å². The van der Waals surface area contributed by atoms with Crippen LogP contribution >= 0.6 is 11.6 Å². The van der Waals surface area contributed by atoms with E-state index >= 15 is 0 Å². The second kappa shape index (κ2) is 8.48. The third-order valence-electron chi connectivity index (χ3n) is 3.80. The van der Waals surface area contributed by atoms with Gasteiger partial charge in [0.2, 0.25) is 5.88 Å². The van der Waals surface area contributed by atoms with Crippen LogP contribution in [0.15, 0.2) is 12.3 Å². The zero-order chi connectivity index (χ0) is 14.2. The SMILES string of the molecule is CCCNCc1cnc(OCC2CCCCC2)c(Cl)c1. The van der Waals surface area contributed by atoms with Crippen LogP contribution in [-0.2, 0) is 6.54 Å². The summed E-state index contributed by atoms with van der Waals surface area (Å²) >= 11 is 6.24. The lowest BCUT2D eigenvalue weighted by Gasteiger charge is -2.21.